The van der Waals surface area contributed by atoms with Crippen LogP contribution in [0, 0.1) is 6.92 Å². The van der Waals surface area contributed by atoms with Gasteiger partial charge in [-0.05, 0) is 62.9 Å². The molecule has 2 rings (SSSR count). The van der Waals surface area contributed by atoms with Crippen molar-refractivity contribution in [2.45, 2.75) is 26.3 Å². The molecule has 1 N–H and O–H groups in total. The van der Waals surface area contributed by atoms with Gasteiger partial charge >= 0.3 is 0 Å². The highest BCUT2D eigenvalue weighted by molar-refractivity contribution is 7.98. The van der Waals surface area contributed by atoms with Crippen molar-refractivity contribution in [3.63, 3.8) is 0 Å². The van der Waals surface area contributed by atoms with Crippen molar-refractivity contribution in [1.82, 2.24) is 5.32 Å². The minimum atomic E-state index is -0.292. The van der Waals surface area contributed by atoms with Gasteiger partial charge in [0, 0.05) is 16.3 Å². The van der Waals surface area contributed by atoms with E-state index >= 15 is 0 Å². The lowest BCUT2D eigenvalue weighted by Gasteiger charge is -2.25. The fourth-order valence-corrected chi connectivity index (χ4v) is 3.38. The van der Waals surface area contributed by atoms with Crippen molar-refractivity contribution in [3.8, 4) is 11.5 Å². The van der Waals surface area contributed by atoms with Gasteiger partial charge in [-0.15, -0.1) is 0 Å². The third-order valence-corrected chi connectivity index (χ3v) is 4.69. The van der Waals surface area contributed by atoms with Gasteiger partial charge in [0.05, 0.1) is 5.56 Å². The van der Waals surface area contributed by atoms with E-state index in [1.807, 2.05) is 51.3 Å². The Balaban J connectivity index is 2.25. The Hall–Kier alpha value is -1.65. The number of hydrogen-bond donors (Lipinski definition) is 1. The average Bonchev–Trinajstić information content (AvgIpc) is 2.50. The van der Waals surface area contributed by atoms with Gasteiger partial charge in [0.2, 0.25) is 0 Å². The number of amides is 1. The Labute approximate surface area is 152 Å². The maximum Gasteiger partial charge on any atom is 0.255 e. The molecule has 0 unspecified atom stereocenters. The van der Waals surface area contributed by atoms with Gasteiger partial charge in [-0.1, -0.05) is 23.7 Å². The Morgan fingerprint density at radius 1 is 1.21 bits per heavy atom. The van der Waals surface area contributed by atoms with Crippen LogP contribution in [0.25, 0.3) is 0 Å². The first kappa shape index (κ1) is 18.7. The molecule has 0 radical (unpaired) electrons. The van der Waals surface area contributed by atoms with Crippen molar-refractivity contribution in [2.24, 2.45) is 0 Å². The fraction of sp³-hybridized carbons (Fsp3) is 0.316. The number of ether oxygens (including phenoxy) is 1. The van der Waals surface area contributed by atoms with Gasteiger partial charge in [0.1, 0.15) is 11.5 Å². The zero-order valence-electron chi connectivity index (χ0n) is 14.4. The summed E-state index contributed by atoms with van der Waals surface area (Å²) in [6.07, 6.45) is 2.02. The van der Waals surface area contributed by atoms with E-state index in [9.17, 15) is 4.79 Å². The van der Waals surface area contributed by atoms with Crippen LogP contribution in [0.1, 0.15) is 29.8 Å². The van der Waals surface area contributed by atoms with Crippen LogP contribution in [-0.2, 0) is 0 Å². The number of benzene rings is 2. The van der Waals surface area contributed by atoms with E-state index in [0.29, 0.717) is 22.1 Å². The molecule has 0 heterocycles. The molecular weight excluding hydrogens is 342 g/mol. The Morgan fingerprint density at radius 3 is 2.58 bits per heavy atom. The summed E-state index contributed by atoms with van der Waals surface area (Å²) < 4.78 is 5.97. The molecule has 0 spiro atoms. The lowest BCUT2D eigenvalue weighted by Crippen LogP contribution is -2.45. The van der Waals surface area contributed by atoms with E-state index in [-0.39, 0.29) is 11.4 Å². The quantitative estimate of drug-likeness (QED) is 0.755. The van der Waals surface area contributed by atoms with Crippen LogP contribution in [0.5, 0.6) is 11.5 Å². The third-order valence-electron chi connectivity index (χ3n) is 3.45. The number of rotatable bonds is 6. The molecule has 0 fully saturated rings. The molecule has 2 aromatic rings. The monoisotopic (exact) mass is 363 g/mol. The molecule has 0 aliphatic heterocycles. The number of hydrogen-bond acceptors (Lipinski definition) is 3. The Bertz CT molecular complexity index is 731. The maximum absolute atomic E-state index is 12.7. The largest absolute Gasteiger partial charge is 0.456 e. The normalized spacial score (nSPS) is 11.2. The van der Waals surface area contributed by atoms with Crippen LogP contribution < -0.4 is 10.1 Å². The molecule has 0 saturated heterocycles. The molecule has 0 aromatic heterocycles. The van der Waals surface area contributed by atoms with Crippen LogP contribution in [0.4, 0.5) is 0 Å². The van der Waals surface area contributed by atoms with Gasteiger partial charge in [0.15, 0.2) is 0 Å². The van der Waals surface area contributed by atoms with E-state index in [1.165, 1.54) is 0 Å². The highest BCUT2D eigenvalue weighted by atomic mass is 35.5. The van der Waals surface area contributed by atoms with Gasteiger partial charge in [0.25, 0.3) is 5.91 Å². The van der Waals surface area contributed by atoms with Crippen molar-refractivity contribution in [2.75, 3.05) is 12.0 Å². The SMILES string of the molecule is CSCC(C)(C)NC(=O)c1ccccc1Oc1ccc(Cl)cc1C. The van der Waals surface area contributed by atoms with Gasteiger partial charge < -0.3 is 10.1 Å². The predicted octanol–water partition coefficient (Wildman–Crippen LogP) is 5.31. The second kappa shape index (κ2) is 7.95. The lowest BCUT2D eigenvalue weighted by molar-refractivity contribution is 0.0918. The summed E-state index contributed by atoms with van der Waals surface area (Å²) in [6.45, 7) is 5.94. The molecule has 3 nitrogen and oxygen atoms in total. The lowest BCUT2D eigenvalue weighted by atomic mass is 10.1. The minimum Gasteiger partial charge on any atom is -0.456 e. The summed E-state index contributed by atoms with van der Waals surface area (Å²) in [5, 5.41) is 3.72. The number of aryl methyl sites for hydroxylation is 1. The molecule has 128 valence electrons. The summed E-state index contributed by atoms with van der Waals surface area (Å²) >= 11 is 7.68. The second-order valence-electron chi connectivity index (χ2n) is 6.28. The second-order valence-corrected chi connectivity index (χ2v) is 7.58. The number of thioether (sulfide) groups is 1. The first-order valence-corrected chi connectivity index (χ1v) is 9.44. The zero-order valence-corrected chi connectivity index (χ0v) is 15.9. The number of carbonyl (C=O) groups excluding carboxylic acids is 1. The molecule has 2 aromatic carbocycles. The molecule has 5 heteroatoms. The molecule has 0 atom stereocenters. The molecule has 1 amide bonds. The van der Waals surface area contributed by atoms with E-state index in [4.69, 9.17) is 16.3 Å². The standard InChI is InChI=1S/C19H22ClNO2S/c1-13-11-14(20)9-10-16(13)23-17-8-6-5-7-15(17)18(22)21-19(2,3)12-24-4/h5-11H,12H2,1-4H3,(H,21,22). The summed E-state index contributed by atoms with van der Waals surface area (Å²) in [5.41, 5.74) is 1.14. The van der Waals surface area contributed by atoms with Crippen LogP contribution in [0.3, 0.4) is 0 Å². The van der Waals surface area contributed by atoms with Gasteiger partial charge in [-0.25, -0.2) is 0 Å². The van der Waals surface area contributed by atoms with Crippen molar-refractivity contribution in [3.05, 3.63) is 58.6 Å². The Morgan fingerprint density at radius 2 is 1.92 bits per heavy atom. The maximum atomic E-state index is 12.7. The molecule has 0 saturated carbocycles. The summed E-state index contributed by atoms with van der Waals surface area (Å²) in [6, 6.07) is 12.7. The molecular formula is C19H22ClNO2S. The smallest absolute Gasteiger partial charge is 0.255 e. The fourth-order valence-electron chi connectivity index (χ4n) is 2.36. The topological polar surface area (TPSA) is 38.3 Å². The number of nitrogens with one attached hydrogen (secondary N) is 1. The predicted molar refractivity (Wildman–Crippen MR) is 103 cm³/mol. The van der Waals surface area contributed by atoms with Crippen molar-refractivity contribution < 1.29 is 9.53 Å². The molecule has 0 aliphatic carbocycles. The summed E-state index contributed by atoms with van der Waals surface area (Å²) in [7, 11) is 0. The van der Waals surface area contributed by atoms with Gasteiger partial charge in [-0.3, -0.25) is 4.79 Å². The zero-order chi connectivity index (χ0) is 17.7. The number of para-hydroxylation sites is 1. The Kier molecular flexibility index (Phi) is 6.19. The molecule has 0 bridgehead atoms. The van der Waals surface area contributed by atoms with Crippen molar-refractivity contribution >= 4 is 29.3 Å². The average molecular weight is 364 g/mol. The number of carbonyl (C=O) groups is 1. The molecule has 24 heavy (non-hydrogen) atoms. The highest BCUT2D eigenvalue weighted by Crippen LogP contribution is 2.29. The first-order chi connectivity index (χ1) is 11.3. The van der Waals surface area contributed by atoms with Gasteiger partial charge in [-0.2, -0.15) is 11.8 Å². The van der Waals surface area contributed by atoms with Crippen LogP contribution >= 0.6 is 23.4 Å². The minimum absolute atomic E-state index is 0.142. The summed E-state index contributed by atoms with van der Waals surface area (Å²) in [5.74, 6) is 1.90. The molecule has 0 aliphatic rings. The summed E-state index contributed by atoms with van der Waals surface area (Å²) in [4.78, 5) is 12.7. The van der Waals surface area contributed by atoms with E-state index in [1.54, 1.807) is 30.0 Å². The van der Waals surface area contributed by atoms with Crippen molar-refractivity contribution in [1.29, 1.82) is 0 Å². The van der Waals surface area contributed by atoms with Crippen LogP contribution in [0.2, 0.25) is 5.02 Å². The van der Waals surface area contributed by atoms with E-state index in [2.05, 4.69) is 5.32 Å². The number of halogens is 1. The highest BCUT2D eigenvalue weighted by Gasteiger charge is 2.22. The third kappa shape index (κ3) is 4.92. The van der Waals surface area contributed by atoms with Crippen LogP contribution in [-0.4, -0.2) is 23.5 Å². The first-order valence-electron chi connectivity index (χ1n) is 7.67. The van der Waals surface area contributed by atoms with E-state index in [0.717, 1.165) is 11.3 Å². The van der Waals surface area contributed by atoms with E-state index < -0.39 is 0 Å². The van der Waals surface area contributed by atoms with Crippen LogP contribution in [0.15, 0.2) is 42.5 Å².